The van der Waals surface area contributed by atoms with E-state index in [1.807, 2.05) is 22.7 Å². The maximum atomic E-state index is 12.5. The molecule has 0 aromatic carbocycles. The van der Waals surface area contributed by atoms with Crippen LogP contribution in [0.1, 0.15) is 22.5 Å². The molecule has 0 radical (unpaired) electrons. The Bertz CT molecular complexity index is 499. The molecule has 0 spiro atoms. The van der Waals surface area contributed by atoms with Crippen LogP contribution >= 0.6 is 11.8 Å². The molecular formula is C14H17N3OS. The molecular weight excluding hydrogens is 258 g/mol. The summed E-state index contributed by atoms with van der Waals surface area (Å²) >= 11 is 1.89. The van der Waals surface area contributed by atoms with Crippen molar-refractivity contribution in [2.24, 2.45) is 5.73 Å². The van der Waals surface area contributed by atoms with E-state index in [9.17, 15) is 4.79 Å². The minimum atomic E-state index is -0.0237. The maximum absolute atomic E-state index is 12.5. The van der Waals surface area contributed by atoms with Crippen molar-refractivity contribution in [1.29, 1.82) is 0 Å². The quantitative estimate of drug-likeness (QED) is 0.776. The first-order chi connectivity index (χ1) is 9.33. The largest absolute Gasteiger partial charge is 0.336 e. The molecule has 4 nitrogen and oxygen atoms in total. The van der Waals surface area contributed by atoms with Crippen molar-refractivity contribution >= 4 is 17.7 Å². The van der Waals surface area contributed by atoms with Gasteiger partial charge >= 0.3 is 0 Å². The zero-order chi connectivity index (χ0) is 13.5. The Balaban J connectivity index is 2.22. The average Bonchev–Trinajstić information content (AvgIpc) is 2.73. The molecule has 1 fully saturated rings. The molecule has 0 bridgehead atoms. The number of hydrogen-bond donors (Lipinski definition) is 1. The lowest BCUT2D eigenvalue weighted by atomic mass is 10.1. The van der Waals surface area contributed by atoms with Crippen LogP contribution in [0.4, 0.5) is 0 Å². The predicted octanol–water partition coefficient (Wildman–Crippen LogP) is 0.971. The van der Waals surface area contributed by atoms with E-state index in [0.717, 1.165) is 31.0 Å². The van der Waals surface area contributed by atoms with Crippen LogP contribution in [-0.4, -0.2) is 46.9 Å². The van der Waals surface area contributed by atoms with Gasteiger partial charge < -0.3 is 10.6 Å². The van der Waals surface area contributed by atoms with Gasteiger partial charge in [0.1, 0.15) is 5.69 Å². The Hall–Kier alpha value is -1.51. The summed E-state index contributed by atoms with van der Waals surface area (Å²) in [6.45, 7) is 1.86. The molecule has 1 aliphatic heterocycles. The number of nitrogens with two attached hydrogens (primary N) is 1. The van der Waals surface area contributed by atoms with Gasteiger partial charge in [-0.3, -0.25) is 4.79 Å². The van der Waals surface area contributed by atoms with Gasteiger partial charge in [0.2, 0.25) is 0 Å². The highest BCUT2D eigenvalue weighted by Gasteiger charge is 2.20. The van der Waals surface area contributed by atoms with Gasteiger partial charge in [0, 0.05) is 25.0 Å². The number of amides is 1. The van der Waals surface area contributed by atoms with E-state index in [1.54, 1.807) is 12.3 Å². The number of carbonyl (C=O) groups is 1. The van der Waals surface area contributed by atoms with Crippen LogP contribution in [0.15, 0.2) is 18.3 Å². The van der Waals surface area contributed by atoms with Crippen LogP contribution in [0.3, 0.4) is 0 Å². The van der Waals surface area contributed by atoms with Crippen LogP contribution in [0, 0.1) is 11.8 Å². The predicted molar refractivity (Wildman–Crippen MR) is 78.0 cm³/mol. The molecule has 0 saturated carbocycles. The van der Waals surface area contributed by atoms with Crippen LogP contribution in [0.25, 0.3) is 0 Å². The summed E-state index contributed by atoms with van der Waals surface area (Å²) in [5.74, 6) is 7.78. The van der Waals surface area contributed by atoms with Crippen molar-refractivity contribution in [1.82, 2.24) is 9.88 Å². The van der Waals surface area contributed by atoms with E-state index >= 15 is 0 Å². The lowest BCUT2D eigenvalue weighted by Gasteiger charge is -2.19. The average molecular weight is 275 g/mol. The smallest absolute Gasteiger partial charge is 0.273 e. The van der Waals surface area contributed by atoms with E-state index in [4.69, 9.17) is 5.73 Å². The number of hydrogen-bond acceptors (Lipinski definition) is 4. The molecule has 2 heterocycles. The second-order valence-corrected chi connectivity index (χ2v) is 5.39. The topological polar surface area (TPSA) is 59.2 Å². The summed E-state index contributed by atoms with van der Waals surface area (Å²) in [6.07, 6.45) is 2.67. The first-order valence-electron chi connectivity index (χ1n) is 6.34. The van der Waals surface area contributed by atoms with Crippen molar-refractivity contribution in [3.8, 4) is 11.8 Å². The molecule has 1 saturated heterocycles. The van der Waals surface area contributed by atoms with Crippen molar-refractivity contribution < 1.29 is 4.79 Å². The number of nitrogens with zero attached hydrogens (tertiary/aromatic N) is 2. The van der Waals surface area contributed by atoms with Crippen molar-refractivity contribution in [3.05, 3.63) is 29.6 Å². The van der Waals surface area contributed by atoms with E-state index in [1.165, 1.54) is 0 Å². The molecule has 19 heavy (non-hydrogen) atoms. The van der Waals surface area contributed by atoms with Gasteiger partial charge in [-0.2, -0.15) is 11.8 Å². The SMILES string of the molecule is NCC#Cc1cccnc1C(=O)N1CCCSCC1. The summed E-state index contributed by atoms with van der Waals surface area (Å²) in [7, 11) is 0. The molecule has 1 amide bonds. The van der Waals surface area contributed by atoms with Crippen LogP contribution in [0.5, 0.6) is 0 Å². The summed E-state index contributed by atoms with van der Waals surface area (Å²) in [6, 6.07) is 3.60. The van der Waals surface area contributed by atoms with E-state index in [-0.39, 0.29) is 12.5 Å². The van der Waals surface area contributed by atoms with Crippen LogP contribution < -0.4 is 5.73 Å². The fourth-order valence-electron chi connectivity index (χ4n) is 1.92. The standard InChI is InChI=1S/C14H17N3OS/c15-6-1-4-12-5-2-7-16-13(12)14(18)17-8-3-10-19-11-9-17/h2,5,7H,3,6,8-11,15H2. The van der Waals surface area contributed by atoms with Gasteiger partial charge in [-0.15, -0.1) is 0 Å². The van der Waals surface area contributed by atoms with Gasteiger partial charge in [-0.25, -0.2) is 4.98 Å². The summed E-state index contributed by atoms with van der Waals surface area (Å²) in [4.78, 5) is 18.6. The zero-order valence-electron chi connectivity index (χ0n) is 10.8. The Morgan fingerprint density at radius 2 is 2.37 bits per heavy atom. The number of thioether (sulfide) groups is 1. The minimum absolute atomic E-state index is 0.0237. The van der Waals surface area contributed by atoms with Gasteiger partial charge in [0.05, 0.1) is 12.1 Å². The number of pyridine rings is 1. The molecule has 0 unspecified atom stereocenters. The molecule has 1 aromatic rings. The normalized spacial score (nSPS) is 15.3. The van der Waals surface area contributed by atoms with Crippen molar-refractivity contribution in [3.63, 3.8) is 0 Å². The molecule has 5 heteroatoms. The van der Waals surface area contributed by atoms with Crippen LogP contribution in [0.2, 0.25) is 0 Å². The monoisotopic (exact) mass is 275 g/mol. The highest BCUT2D eigenvalue weighted by molar-refractivity contribution is 7.99. The third kappa shape index (κ3) is 3.72. The Labute approximate surface area is 117 Å². The number of carbonyl (C=O) groups excluding carboxylic acids is 1. The molecule has 1 aliphatic rings. The third-order valence-electron chi connectivity index (χ3n) is 2.84. The molecule has 0 atom stereocenters. The fourth-order valence-corrected chi connectivity index (χ4v) is 2.81. The highest BCUT2D eigenvalue weighted by Crippen LogP contribution is 2.14. The lowest BCUT2D eigenvalue weighted by molar-refractivity contribution is 0.0762. The van der Waals surface area contributed by atoms with Crippen LogP contribution in [-0.2, 0) is 0 Å². The Morgan fingerprint density at radius 3 is 3.21 bits per heavy atom. The number of aromatic nitrogens is 1. The van der Waals surface area contributed by atoms with E-state index in [0.29, 0.717) is 11.3 Å². The summed E-state index contributed by atoms with van der Waals surface area (Å²) < 4.78 is 0. The molecule has 0 aliphatic carbocycles. The second-order valence-electron chi connectivity index (χ2n) is 4.16. The minimum Gasteiger partial charge on any atom is -0.336 e. The summed E-state index contributed by atoms with van der Waals surface area (Å²) in [5.41, 5.74) is 6.48. The Morgan fingerprint density at radius 1 is 1.47 bits per heavy atom. The third-order valence-corrected chi connectivity index (χ3v) is 3.89. The first-order valence-corrected chi connectivity index (χ1v) is 7.49. The van der Waals surface area contributed by atoms with E-state index < -0.39 is 0 Å². The molecule has 100 valence electrons. The highest BCUT2D eigenvalue weighted by atomic mass is 32.2. The maximum Gasteiger partial charge on any atom is 0.273 e. The van der Waals surface area contributed by atoms with Gasteiger partial charge in [-0.05, 0) is 24.3 Å². The summed E-state index contributed by atoms with van der Waals surface area (Å²) in [5, 5.41) is 0. The zero-order valence-corrected chi connectivity index (χ0v) is 11.6. The lowest BCUT2D eigenvalue weighted by Crippen LogP contribution is -2.34. The van der Waals surface area contributed by atoms with Gasteiger partial charge in [0.25, 0.3) is 5.91 Å². The van der Waals surface area contributed by atoms with Gasteiger partial charge in [-0.1, -0.05) is 11.8 Å². The van der Waals surface area contributed by atoms with Crippen molar-refractivity contribution in [2.45, 2.75) is 6.42 Å². The number of rotatable bonds is 1. The molecule has 2 rings (SSSR count). The van der Waals surface area contributed by atoms with E-state index in [2.05, 4.69) is 16.8 Å². The van der Waals surface area contributed by atoms with Crippen molar-refractivity contribution in [2.75, 3.05) is 31.1 Å². The van der Waals surface area contributed by atoms with Gasteiger partial charge in [0.15, 0.2) is 0 Å². The molecule has 1 aromatic heterocycles. The fraction of sp³-hybridized carbons (Fsp3) is 0.429. The molecule has 2 N–H and O–H groups in total. The first kappa shape index (κ1) is 13.9. The Kier molecular flexibility index (Phi) is 5.25. The second kappa shape index (κ2) is 7.17.